The van der Waals surface area contributed by atoms with E-state index in [1.807, 2.05) is 0 Å². The van der Waals surface area contributed by atoms with Crippen LogP contribution < -0.4 is 4.57 Å². The maximum absolute atomic E-state index is 2.51. The summed E-state index contributed by atoms with van der Waals surface area (Å²) in [5.74, 6) is 0. The minimum Gasteiger partial charge on any atom is -0.205 e. The van der Waals surface area contributed by atoms with E-state index in [9.17, 15) is 0 Å². The maximum Gasteiger partial charge on any atom is 0.171 e. The van der Waals surface area contributed by atoms with E-state index in [1.165, 1.54) is 135 Å². The molecular formula is C29H54N+. The number of aromatic nitrogens is 1. The van der Waals surface area contributed by atoms with Crippen molar-refractivity contribution in [2.24, 2.45) is 0 Å². The molecule has 0 fully saturated rings. The predicted molar refractivity (Wildman–Crippen MR) is 134 cm³/mol. The molecule has 174 valence electrons. The third-order valence-corrected chi connectivity index (χ3v) is 6.44. The molecule has 0 saturated heterocycles. The fourth-order valence-corrected chi connectivity index (χ4v) is 4.47. The van der Waals surface area contributed by atoms with Crippen LogP contribution in [0.3, 0.4) is 0 Å². The van der Waals surface area contributed by atoms with Crippen LogP contribution >= 0.6 is 0 Å². The third kappa shape index (κ3) is 15.0. The second-order valence-corrected chi connectivity index (χ2v) is 9.59. The molecule has 0 aliphatic rings. The van der Waals surface area contributed by atoms with Crippen LogP contribution in [0.4, 0.5) is 0 Å². The molecule has 30 heavy (non-hydrogen) atoms. The molecule has 0 bridgehead atoms. The van der Waals surface area contributed by atoms with Crippen molar-refractivity contribution in [3.8, 4) is 0 Å². The van der Waals surface area contributed by atoms with Gasteiger partial charge in [0.1, 0.15) is 6.54 Å². The lowest BCUT2D eigenvalue weighted by Crippen LogP contribution is -2.34. The summed E-state index contributed by atoms with van der Waals surface area (Å²) in [6, 6.07) is 2.49. The molecule has 0 saturated carbocycles. The van der Waals surface area contributed by atoms with Crippen molar-refractivity contribution in [3.63, 3.8) is 0 Å². The van der Waals surface area contributed by atoms with Crippen molar-refractivity contribution >= 4 is 0 Å². The summed E-state index contributed by atoms with van der Waals surface area (Å²) in [7, 11) is 0. The van der Waals surface area contributed by atoms with Crippen LogP contribution in [-0.4, -0.2) is 0 Å². The highest BCUT2D eigenvalue weighted by molar-refractivity contribution is 5.15. The van der Waals surface area contributed by atoms with Crippen molar-refractivity contribution in [3.05, 3.63) is 29.6 Å². The molecule has 0 atom stereocenters. The van der Waals surface area contributed by atoms with Crippen LogP contribution in [0.25, 0.3) is 0 Å². The van der Waals surface area contributed by atoms with E-state index < -0.39 is 0 Å². The number of nitrogens with zero attached hydrogens (tertiary/aromatic N) is 1. The molecule has 0 radical (unpaired) electrons. The molecule has 0 aromatic carbocycles. The Bertz CT molecular complexity index is 465. The van der Waals surface area contributed by atoms with Crippen LogP contribution in [0.15, 0.2) is 18.5 Å². The zero-order chi connectivity index (χ0) is 21.7. The number of rotatable bonds is 21. The Balaban J connectivity index is 2.23. The molecule has 1 heteroatoms. The zero-order valence-electron chi connectivity index (χ0n) is 21.0. The first kappa shape index (κ1) is 27.2. The van der Waals surface area contributed by atoms with Crippen LogP contribution in [0, 0.1) is 0 Å². The highest BCUT2D eigenvalue weighted by Crippen LogP contribution is 2.13. The van der Waals surface area contributed by atoms with Gasteiger partial charge in [0, 0.05) is 17.5 Å². The van der Waals surface area contributed by atoms with Crippen LogP contribution in [-0.2, 0) is 19.4 Å². The average Bonchev–Trinajstić information content (AvgIpc) is 2.75. The van der Waals surface area contributed by atoms with Crippen molar-refractivity contribution in [2.45, 2.75) is 156 Å². The van der Waals surface area contributed by atoms with E-state index >= 15 is 0 Å². The third-order valence-electron chi connectivity index (χ3n) is 6.44. The number of aryl methyl sites for hydroxylation is 3. The lowest BCUT2D eigenvalue weighted by atomic mass is 10.0. The first-order valence-electron chi connectivity index (χ1n) is 13.8. The van der Waals surface area contributed by atoms with Gasteiger partial charge in [-0.15, -0.1) is 0 Å². The fraction of sp³-hybridized carbons (Fsp3) is 0.828. The Morgan fingerprint density at radius 2 is 0.833 bits per heavy atom. The zero-order valence-corrected chi connectivity index (χ0v) is 21.0. The summed E-state index contributed by atoms with van der Waals surface area (Å²) in [6.07, 6.45) is 32.6. The second kappa shape index (κ2) is 20.1. The number of hydrogen-bond donors (Lipinski definition) is 0. The Labute approximate surface area is 190 Å². The van der Waals surface area contributed by atoms with Crippen LogP contribution in [0.5, 0.6) is 0 Å². The van der Waals surface area contributed by atoms with Gasteiger partial charge in [-0.25, -0.2) is 4.57 Å². The largest absolute Gasteiger partial charge is 0.205 e. The van der Waals surface area contributed by atoms with Gasteiger partial charge in [0.05, 0.1) is 0 Å². The van der Waals surface area contributed by atoms with Gasteiger partial charge < -0.3 is 0 Å². The normalized spacial score (nSPS) is 11.3. The Morgan fingerprint density at radius 3 is 1.27 bits per heavy atom. The number of unbranched alkanes of at least 4 members (excludes halogenated alkanes) is 15. The molecule has 1 heterocycles. The molecule has 0 N–H and O–H groups in total. The van der Waals surface area contributed by atoms with Crippen molar-refractivity contribution in [1.82, 2.24) is 0 Å². The summed E-state index contributed by atoms with van der Waals surface area (Å²) in [4.78, 5) is 0. The molecule has 0 aliphatic carbocycles. The van der Waals surface area contributed by atoms with Crippen LogP contribution in [0.1, 0.15) is 147 Å². The molecule has 0 amide bonds. The molecule has 0 aliphatic heterocycles. The van der Waals surface area contributed by atoms with E-state index in [2.05, 4.69) is 43.8 Å². The van der Waals surface area contributed by atoms with Gasteiger partial charge >= 0.3 is 0 Å². The lowest BCUT2D eigenvalue weighted by Gasteiger charge is -2.06. The van der Waals surface area contributed by atoms with Gasteiger partial charge in [-0.3, -0.25) is 0 Å². The average molecular weight is 417 g/mol. The minimum absolute atomic E-state index is 1.21. The first-order valence-corrected chi connectivity index (χ1v) is 13.8. The van der Waals surface area contributed by atoms with E-state index in [-0.39, 0.29) is 0 Å². The van der Waals surface area contributed by atoms with Gasteiger partial charge in [-0.05, 0) is 38.2 Å². The van der Waals surface area contributed by atoms with Gasteiger partial charge in [-0.2, -0.15) is 0 Å². The first-order chi connectivity index (χ1) is 14.8. The summed E-state index contributed by atoms with van der Waals surface area (Å²) in [5, 5.41) is 0. The molecule has 1 aromatic heterocycles. The van der Waals surface area contributed by atoms with E-state index in [1.54, 1.807) is 11.1 Å². The Morgan fingerprint density at radius 1 is 0.467 bits per heavy atom. The standard InChI is InChI=1S/C29H54N/c1-4-7-10-11-12-13-14-15-16-17-18-21-24-30-26-28(22-19-8-5-2)25-29(27-30)23-20-9-6-3/h25-27H,4-24H2,1-3H3/q+1. The van der Waals surface area contributed by atoms with E-state index in [4.69, 9.17) is 0 Å². The van der Waals surface area contributed by atoms with Gasteiger partial charge in [0.25, 0.3) is 0 Å². The predicted octanol–water partition coefficient (Wildman–Crippen LogP) is 9.14. The smallest absolute Gasteiger partial charge is 0.171 e. The van der Waals surface area contributed by atoms with Crippen LogP contribution in [0.2, 0.25) is 0 Å². The minimum atomic E-state index is 1.21. The number of hydrogen-bond acceptors (Lipinski definition) is 0. The summed E-state index contributed by atoms with van der Waals surface area (Å²) in [6.45, 7) is 8.11. The van der Waals surface area contributed by atoms with Gasteiger partial charge in [-0.1, -0.05) is 111 Å². The highest BCUT2D eigenvalue weighted by atomic mass is 14.9. The molecular weight excluding hydrogens is 362 g/mol. The van der Waals surface area contributed by atoms with Gasteiger partial charge in [0.2, 0.25) is 0 Å². The van der Waals surface area contributed by atoms with Gasteiger partial charge in [0.15, 0.2) is 12.4 Å². The number of pyridine rings is 1. The van der Waals surface area contributed by atoms with E-state index in [0.717, 1.165) is 0 Å². The quantitative estimate of drug-likeness (QED) is 0.139. The topological polar surface area (TPSA) is 3.88 Å². The summed E-state index contributed by atoms with van der Waals surface area (Å²) >= 11 is 0. The molecule has 1 aromatic rings. The molecule has 0 spiro atoms. The van der Waals surface area contributed by atoms with Crippen molar-refractivity contribution in [2.75, 3.05) is 0 Å². The molecule has 0 unspecified atom stereocenters. The maximum atomic E-state index is 2.51. The Hall–Kier alpha value is -0.850. The lowest BCUT2D eigenvalue weighted by molar-refractivity contribution is -0.698. The second-order valence-electron chi connectivity index (χ2n) is 9.59. The Kier molecular flexibility index (Phi) is 18.2. The summed E-state index contributed by atoms with van der Waals surface area (Å²) in [5.41, 5.74) is 3.13. The molecule has 1 nitrogen and oxygen atoms in total. The van der Waals surface area contributed by atoms with Crippen molar-refractivity contribution in [1.29, 1.82) is 0 Å². The summed E-state index contributed by atoms with van der Waals surface area (Å²) < 4.78 is 2.51. The van der Waals surface area contributed by atoms with Crippen molar-refractivity contribution < 1.29 is 4.57 Å². The highest BCUT2D eigenvalue weighted by Gasteiger charge is 2.08. The fourth-order valence-electron chi connectivity index (χ4n) is 4.47. The monoisotopic (exact) mass is 416 g/mol. The molecule has 1 rings (SSSR count). The van der Waals surface area contributed by atoms with E-state index in [0.29, 0.717) is 0 Å². The SMILES string of the molecule is CCCCCCCCCCCCCC[n+]1cc(CCCCC)cc(CCCCC)c1.